The average Bonchev–Trinajstić information content (AvgIpc) is 3.47. The number of rotatable bonds is 6. The molecule has 0 saturated carbocycles. The molecule has 2 heterocycles. The molecule has 0 aliphatic carbocycles. The van der Waals surface area contributed by atoms with Gasteiger partial charge in [0.15, 0.2) is 11.0 Å². The number of anilines is 1. The van der Waals surface area contributed by atoms with Gasteiger partial charge in [0.05, 0.1) is 11.4 Å². The maximum atomic E-state index is 12.9. The summed E-state index contributed by atoms with van der Waals surface area (Å²) in [5.41, 5.74) is 4.98. The molecule has 1 amide bonds. The van der Waals surface area contributed by atoms with Crippen LogP contribution in [-0.2, 0) is 4.79 Å². The molecular weight excluding hydrogens is 430 g/mol. The van der Waals surface area contributed by atoms with Gasteiger partial charge in [-0.05, 0) is 36.8 Å². The summed E-state index contributed by atoms with van der Waals surface area (Å²) >= 11 is 1.39. The Hall–Kier alpha value is -3.84. The second-order valence-electron chi connectivity index (χ2n) is 7.75. The molecule has 5 aromatic rings. The monoisotopic (exact) mass is 453 g/mol. The Morgan fingerprint density at radius 1 is 0.970 bits per heavy atom. The molecular formula is C26H23N5OS. The van der Waals surface area contributed by atoms with E-state index >= 15 is 0 Å². The molecule has 3 aromatic carbocycles. The molecule has 0 aliphatic rings. The highest BCUT2D eigenvalue weighted by Gasteiger charge is 2.21. The Morgan fingerprint density at radius 3 is 2.52 bits per heavy atom. The molecule has 0 saturated heterocycles. The zero-order valence-electron chi connectivity index (χ0n) is 18.4. The largest absolute Gasteiger partial charge is 0.360 e. The first-order valence-electron chi connectivity index (χ1n) is 10.7. The van der Waals surface area contributed by atoms with Gasteiger partial charge in [-0.2, -0.15) is 0 Å². The molecule has 0 spiro atoms. The second kappa shape index (κ2) is 8.96. The molecule has 0 aliphatic heterocycles. The minimum Gasteiger partial charge on any atom is -0.360 e. The molecule has 5 rings (SSSR count). The van der Waals surface area contributed by atoms with E-state index in [-0.39, 0.29) is 11.7 Å². The number of nitrogens with zero attached hydrogens (tertiary/aromatic N) is 4. The number of amides is 1. The van der Waals surface area contributed by atoms with Crippen molar-refractivity contribution in [2.24, 2.45) is 0 Å². The van der Waals surface area contributed by atoms with Crippen LogP contribution in [0.25, 0.3) is 28.0 Å². The molecule has 0 radical (unpaired) electrons. The number of aryl methyl sites for hydroxylation is 1. The van der Waals surface area contributed by atoms with Crippen LogP contribution in [-0.4, -0.2) is 38.5 Å². The summed E-state index contributed by atoms with van der Waals surface area (Å²) in [6.45, 7) is 2.07. The highest BCUT2D eigenvalue weighted by atomic mass is 32.2. The predicted octanol–water partition coefficient (Wildman–Crippen LogP) is 5.48. The summed E-state index contributed by atoms with van der Waals surface area (Å²) < 4.78 is 2.05. The normalized spacial score (nSPS) is 11.1. The van der Waals surface area contributed by atoms with Crippen LogP contribution in [0.4, 0.5) is 5.69 Å². The van der Waals surface area contributed by atoms with Crippen LogP contribution in [0, 0.1) is 6.92 Å². The lowest BCUT2D eigenvalue weighted by molar-refractivity contribution is -0.115. The minimum absolute atomic E-state index is 0.000761. The van der Waals surface area contributed by atoms with Gasteiger partial charge in [0, 0.05) is 35.4 Å². The van der Waals surface area contributed by atoms with Crippen LogP contribution in [0.15, 0.2) is 90.2 Å². The SMILES string of the molecule is Cc1ccccc1-n1c(SCC(=O)N(C)c2ccccc2)nnc1-c1c[nH]c2ccccc12. The van der Waals surface area contributed by atoms with Crippen LogP contribution in [0.5, 0.6) is 0 Å². The number of carbonyl (C=O) groups is 1. The van der Waals surface area contributed by atoms with Crippen LogP contribution in [0.1, 0.15) is 5.56 Å². The van der Waals surface area contributed by atoms with Crippen molar-refractivity contribution in [2.75, 3.05) is 17.7 Å². The number of thioether (sulfide) groups is 1. The van der Waals surface area contributed by atoms with Gasteiger partial charge in [-0.1, -0.05) is 66.4 Å². The fourth-order valence-electron chi connectivity index (χ4n) is 3.84. The number of benzene rings is 3. The average molecular weight is 454 g/mol. The molecule has 164 valence electrons. The molecule has 0 atom stereocenters. The molecule has 0 unspecified atom stereocenters. The zero-order chi connectivity index (χ0) is 22.8. The van der Waals surface area contributed by atoms with Crippen molar-refractivity contribution in [1.29, 1.82) is 0 Å². The lowest BCUT2D eigenvalue weighted by Gasteiger charge is -2.17. The molecule has 6 nitrogen and oxygen atoms in total. The van der Waals surface area contributed by atoms with Crippen LogP contribution in [0.3, 0.4) is 0 Å². The quantitative estimate of drug-likeness (QED) is 0.346. The van der Waals surface area contributed by atoms with Crippen molar-refractivity contribution in [3.05, 3.63) is 90.6 Å². The maximum Gasteiger partial charge on any atom is 0.237 e. The minimum atomic E-state index is -0.000761. The first kappa shape index (κ1) is 21.0. The topological polar surface area (TPSA) is 66.8 Å². The van der Waals surface area contributed by atoms with E-state index in [4.69, 9.17) is 0 Å². The highest BCUT2D eigenvalue weighted by Crippen LogP contribution is 2.33. The fourth-order valence-corrected chi connectivity index (χ4v) is 4.70. The Labute approximate surface area is 196 Å². The van der Waals surface area contributed by atoms with E-state index < -0.39 is 0 Å². The van der Waals surface area contributed by atoms with Crippen molar-refractivity contribution in [3.63, 3.8) is 0 Å². The number of H-pyrrole nitrogens is 1. The maximum absolute atomic E-state index is 12.9. The summed E-state index contributed by atoms with van der Waals surface area (Å²) in [6, 6.07) is 25.9. The van der Waals surface area contributed by atoms with Gasteiger partial charge in [0.25, 0.3) is 0 Å². The summed E-state index contributed by atoms with van der Waals surface area (Å²) in [7, 11) is 1.79. The summed E-state index contributed by atoms with van der Waals surface area (Å²) in [4.78, 5) is 17.9. The van der Waals surface area contributed by atoms with E-state index in [0.717, 1.165) is 39.2 Å². The number of aromatic amines is 1. The molecule has 2 aromatic heterocycles. The third-order valence-electron chi connectivity index (χ3n) is 5.66. The molecule has 1 N–H and O–H groups in total. The molecule has 33 heavy (non-hydrogen) atoms. The molecule has 0 fully saturated rings. The van der Waals surface area contributed by atoms with E-state index in [1.807, 2.05) is 71.4 Å². The van der Waals surface area contributed by atoms with Crippen molar-refractivity contribution >= 4 is 34.3 Å². The lowest BCUT2D eigenvalue weighted by atomic mass is 10.1. The Balaban J connectivity index is 1.52. The Kier molecular flexibility index (Phi) is 5.71. The predicted molar refractivity (Wildman–Crippen MR) is 134 cm³/mol. The first-order chi connectivity index (χ1) is 16.1. The van der Waals surface area contributed by atoms with Gasteiger partial charge in [-0.25, -0.2) is 0 Å². The number of aromatic nitrogens is 4. The van der Waals surface area contributed by atoms with Crippen LogP contribution >= 0.6 is 11.8 Å². The van der Waals surface area contributed by atoms with E-state index in [0.29, 0.717) is 5.16 Å². The molecule has 7 heteroatoms. The van der Waals surface area contributed by atoms with E-state index in [1.165, 1.54) is 11.8 Å². The van der Waals surface area contributed by atoms with Crippen LogP contribution in [0.2, 0.25) is 0 Å². The lowest BCUT2D eigenvalue weighted by Crippen LogP contribution is -2.27. The first-order valence-corrected chi connectivity index (χ1v) is 11.6. The van der Waals surface area contributed by atoms with Gasteiger partial charge in [0.2, 0.25) is 5.91 Å². The third-order valence-corrected chi connectivity index (χ3v) is 6.58. The zero-order valence-corrected chi connectivity index (χ0v) is 19.2. The van der Waals surface area contributed by atoms with Crippen molar-refractivity contribution < 1.29 is 4.79 Å². The summed E-state index contributed by atoms with van der Waals surface area (Å²) in [6.07, 6.45) is 1.96. The van der Waals surface area contributed by atoms with Gasteiger partial charge in [-0.3, -0.25) is 9.36 Å². The second-order valence-corrected chi connectivity index (χ2v) is 8.70. The van der Waals surface area contributed by atoms with Gasteiger partial charge in [0.1, 0.15) is 0 Å². The van der Waals surface area contributed by atoms with Crippen molar-refractivity contribution in [2.45, 2.75) is 12.1 Å². The van der Waals surface area contributed by atoms with Crippen LogP contribution < -0.4 is 4.90 Å². The number of nitrogens with one attached hydrogen (secondary N) is 1. The highest BCUT2D eigenvalue weighted by molar-refractivity contribution is 7.99. The number of hydrogen-bond donors (Lipinski definition) is 1. The van der Waals surface area contributed by atoms with Gasteiger partial charge in [-0.15, -0.1) is 10.2 Å². The Bertz CT molecular complexity index is 1420. The standard InChI is InChI=1S/C26H23N5OS/c1-18-10-6-9-15-23(18)31-25(21-16-27-22-14-8-7-13-20(21)22)28-29-26(31)33-17-24(32)30(2)19-11-4-3-5-12-19/h3-16,27H,17H2,1-2H3. The van der Waals surface area contributed by atoms with Crippen molar-refractivity contribution in [1.82, 2.24) is 19.7 Å². The van der Waals surface area contributed by atoms with Crippen molar-refractivity contribution in [3.8, 4) is 17.1 Å². The van der Waals surface area contributed by atoms with Gasteiger partial charge >= 0.3 is 0 Å². The van der Waals surface area contributed by atoms with E-state index in [2.05, 4.69) is 40.3 Å². The number of hydrogen-bond acceptors (Lipinski definition) is 4. The Morgan fingerprint density at radius 2 is 1.70 bits per heavy atom. The summed E-state index contributed by atoms with van der Waals surface area (Å²) in [5.74, 6) is 0.996. The van der Waals surface area contributed by atoms with Gasteiger partial charge < -0.3 is 9.88 Å². The van der Waals surface area contributed by atoms with E-state index in [9.17, 15) is 4.79 Å². The number of fused-ring (bicyclic) bond motifs is 1. The number of carbonyl (C=O) groups excluding carboxylic acids is 1. The smallest absolute Gasteiger partial charge is 0.237 e. The third kappa shape index (κ3) is 4.03. The number of para-hydroxylation sites is 3. The summed E-state index contributed by atoms with van der Waals surface area (Å²) in [5, 5.41) is 10.8. The molecule has 0 bridgehead atoms. The van der Waals surface area contributed by atoms with E-state index in [1.54, 1.807) is 11.9 Å². The fraction of sp³-hybridized carbons (Fsp3) is 0.115.